The van der Waals surface area contributed by atoms with E-state index in [1.807, 2.05) is 0 Å². The second kappa shape index (κ2) is 8.46. The van der Waals surface area contributed by atoms with Crippen LogP contribution in [0.3, 0.4) is 0 Å². The third-order valence-corrected chi connectivity index (χ3v) is 6.23. The Morgan fingerprint density at radius 3 is 2.32 bits per heavy atom. The number of sulfonamides is 1. The number of nitrogens with two attached hydrogens (primary N) is 1. The van der Waals surface area contributed by atoms with Crippen LogP contribution in [0.15, 0.2) is 79.9 Å². The van der Waals surface area contributed by atoms with Crippen molar-refractivity contribution in [2.45, 2.75) is 22.2 Å². The summed E-state index contributed by atoms with van der Waals surface area (Å²) < 4.78 is 33.6. The predicted molar refractivity (Wildman–Crippen MR) is 116 cm³/mol. The number of rotatable bonds is 7. The lowest BCUT2D eigenvalue weighted by Gasteiger charge is -2.11. The Hall–Kier alpha value is -3.28. The summed E-state index contributed by atoms with van der Waals surface area (Å²) >= 11 is 1.23. The minimum Gasteiger partial charge on any atom is -0.463 e. The normalized spacial score (nSPS) is 12.6. The van der Waals surface area contributed by atoms with E-state index in [9.17, 15) is 13.2 Å². The molecule has 3 heterocycles. The first-order valence-corrected chi connectivity index (χ1v) is 11.5. The zero-order chi connectivity index (χ0) is 22.0. The number of imidazole rings is 1. The maximum Gasteiger partial charge on any atom is 0.238 e. The molecule has 0 radical (unpaired) electrons. The Kier molecular flexibility index (Phi) is 5.72. The summed E-state index contributed by atoms with van der Waals surface area (Å²) in [5.41, 5.74) is 1.68. The third-order valence-electron chi connectivity index (χ3n) is 4.31. The van der Waals surface area contributed by atoms with Gasteiger partial charge in [-0.3, -0.25) is 4.79 Å². The second-order valence-electron chi connectivity index (χ2n) is 6.54. The molecule has 4 aromatic rings. The molecular weight excluding hydrogens is 440 g/mol. The molecule has 0 aliphatic heterocycles. The standard InChI is InChI=1S/C20H18N4O5S2/c1-12(19(25)22-13-6-8-14(9-7-13)31(21,26)27)30-20-23-17(15-4-2-10-28-15)18(24-20)16-5-3-11-29-16/h2-12H,1H3,(H,22,25)(H,23,24)(H2,21,26,27). The topological polar surface area (TPSA) is 144 Å². The molecule has 1 aromatic carbocycles. The molecule has 4 N–H and O–H groups in total. The number of carbonyl (C=O) groups is 1. The van der Waals surface area contributed by atoms with Crippen molar-refractivity contribution in [3.05, 3.63) is 61.1 Å². The van der Waals surface area contributed by atoms with Crippen LogP contribution >= 0.6 is 11.8 Å². The molecular formula is C20H18N4O5S2. The van der Waals surface area contributed by atoms with Crippen molar-refractivity contribution in [2.75, 3.05) is 5.32 Å². The number of nitrogens with zero attached hydrogens (tertiary/aromatic N) is 1. The first kappa shape index (κ1) is 21.0. The fourth-order valence-electron chi connectivity index (χ4n) is 2.79. The Balaban J connectivity index is 1.50. The fraction of sp³-hybridized carbons (Fsp3) is 0.100. The lowest BCUT2D eigenvalue weighted by atomic mass is 10.2. The van der Waals surface area contributed by atoms with Gasteiger partial charge in [0.05, 0.1) is 22.7 Å². The van der Waals surface area contributed by atoms with Gasteiger partial charge in [0.15, 0.2) is 16.7 Å². The molecule has 11 heteroatoms. The average molecular weight is 459 g/mol. The van der Waals surface area contributed by atoms with Gasteiger partial charge in [0.2, 0.25) is 15.9 Å². The molecule has 1 atom stereocenters. The van der Waals surface area contributed by atoms with Crippen LogP contribution in [0.5, 0.6) is 0 Å². The van der Waals surface area contributed by atoms with Crippen molar-refractivity contribution in [3.8, 4) is 22.9 Å². The summed E-state index contributed by atoms with van der Waals surface area (Å²) in [4.78, 5) is 20.3. The molecule has 0 bridgehead atoms. The molecule has 0 saturated carbocycles. The second-order valence-corrected chi connectivity index (χ2v) is 9.43. The lowest BCUT2D eigenvalue weighted by Crippen LogP contribution is -2.22. The molecule has 3 aromatic heterocycles. The number of hydrogen-bond acceptors (Lipinski definition) is 7. The zero-order valence-corrected chi connectivity index (χ0v) is 17.9. The van der Waals surface area contributed by atoms with Gasteiger partial charge < -0.3 is 19.1 Å². The van der Waals surface area contributed by atoms with Crippen LogP contribution in [-0.2, 0) is 14.8 Å². The molecule has 0 fully saturated rings. The summed E-state index contributed by atoms with van der Waals surface area (Å²) in [7, 11) is -3.79. The van der Waals surface area contributed by atoms with Gasteiger partial charge in [-0.2, -0.15) is 0 Å². The highest BCUT2D eigenvalue weighted by molar-refractivity contribution is 8.00. The molecule has 0 aliphatic carbocycles. The Morgan fingerprint density at radius 1 is 1.10 bits per heavy atom. The van der Waals surface area contributed by atoms with Gasteiger partial charge in [-0.1, -0.05) is 11.8 Å². The number of anilines is 1. The van der Waals surface area contributed by atoms with Crippen LogP contribution in [-0.4, -0.2) is 29.5 Å². The molecule has 0 aliphatic rings. The summed E-state index contributed by atoms with van der Waals surface area (Å²) in [6.07, 6.45) is 3.12. The third kappa shape index (κ3) is 4.74. The van der Waals surface area contributed by atoms with Gasteiger partial charge in [0.1, 0.15) is 11.4 Å². The Labute approximate surface area is 182 Å². The number of hydrogen-bond donors (Lipinski definition) is 3. The Morgan fingerprint density at radius 2 is 1.74 bits per heavy atom. The largest absolute Gasteiger partial charge is 0.463 e. The van der Waals surface area contributed by atoms with E-state index in [2.05, 4.69) is 15.3 Å². The van der Waals surface area contributed by atoms with Crippen molar-refractivity contribution in [3.63, 3.8) is 0 Å². The van der Waals surface area contributed by atoms with Crippen LogP contribution in [0.2, 0.25) is 0 Å². The molecule has 1 amide bonds. The molecule has 0 saturated heterocycles. The first-order chi connectivity index (χ1) is 14.8. The maximum atomic E-state index is 12.6. The highest BCUT2D eigenvalue weighted by Crippen LogP contribution is 2.34. The fourth-order valence-corrected chi connectivity index (χ4v) is 4.11. The van der Waals surface area contributed by atoms with Gasteiger partial charge in [-0.15, -0.1) is 0 Å². The monoisotopic (exact) mass is 458 g/mol. The SMILES string of the molecule is CC(Sc1nc(-c2ccco2)c(-c2ccco2)[nH]1)C(=O)Nc1ccc(S(N)(=O)=O)cc1. The number of primary sulfonamides is 1. The number of furan rings is 2. The smallest absolute Gasteiger partial charge is 0.238 e. The minimum atomic E-state index is -3.79. The summed E-state index contributed by atoms with van der Waals surface area (Å²) in [5, 5.41) is 7.84. The van der Waals surface area contributed by atoms with E-state index in [0.29, 0.717) is 33.8 Å². The first-order valence-electron chi connectivity index (χ1n) is 9.09. The van der Waals surface area contributed by atoms with Gasteiger partial charge in [0, 0.05) is 5.69 Å². The van der Waals surface area contributed by atoms with E-state index in [-0.39, 0.29) is 10.8 Å². The zero-order valence-electron chi connectivity index (χ0n) is 16.2. The van der Waals surface area contributed by atoms with Gasteiger partial charge >= 0.3 is 0 Å². The summed E-state index contributed by atoms with van der Waals surface area (Å²) in [6.45, 7) is 1.74. The maximum absolute atomic E-state index is 12.6. The number of amides is 1. The average Bonchev–Trinajstić information content (AvgIpc) is 3.48. The molecule has 9 nitrogen and oxygen atoms in total. The van der Waals surface area contributed by atoms with Crippen molar-refractivity contribution >= 4 is 33.4 Å². The van der Waals surface area contributed by atoms with E-state index in [0.717, 1.165) is 0 Å². The Bertz CT molecular complexity index is 1230. The molecule has 0 spiro atoms. The number of benzene rings is 1. The molecule has 4 rings (SSSR count). The molecule has 31 heavy (non-hydrogen) atoms. The predicted octanol–water partition coefficient (Wildman–Crippen LogP) is 3.70. The number of thioether (sulfide) groups is 1. The summed E-state index contributed by atoms with van der Waals surface area (Å²) in [5.74, 6) is 0.892. The van der Waals surface area contributed by atoms with Gasteiger partial charge in [-0.05, 0) is 55.5 Å². The van der Waals surface area contributed by atoms with Crippen LogP contribution in [0.4, 0.5) is 5.69 Å². The highest BCUT2D eigenvalue weighted by atomic mass is 32.2. The van der Waals surface area contributed by atoms with E-state index in [1.165, 1.54) is 36.0 Å². The lowest BCUT2D eigenvalue weighted by molar-refractivity contribution is -0.115. The van der Waals surface area contributed by atoms with Crippen LogP contribution < -0.4 is 10.5 Å². The minimum absolute atomic E-state index is 0.0283. The van der Waals surface area contributed by atoms with Crippen molar-refractivity contribution in [1.29, 1.82) is 0 Å². The van der Waals surface area contributed by atoms with E-state index in [4.69, 9.17) is 14.0 Å². The van der Waals surface area contributed by atoms with E-state index >= 15 is 0 Å². The number of carbonyl (C=O) groups excluding carboxylic acids is 1. The van der Waals surface area contributed by atoms with Crippen molar-refractivity contribution in [2.24, 2.45) is 5.14 Å². The van der Waals surface area contributed by atoms with Crippen molar-refractivity contribution in [1.82, 2.24) is 9.97 Å². The molecule has 160 valence electrons. The van der Waals surface area contributed by atoms with Gasteiger partial charge in [-0.25, -0.2) is 18.5 Å². The molecule has 1 unspecified atom stereocenters. The van der Waals surface area contributed by atoms with Crippen molar-refractivity contribution < 1.29 is 22.0 Å². The highest BCUT2D eigenvalue weighted by Gasteiger charge is 2.22. The van der Waals surface area contributed by atoms with E-state index < -0.39 is 15.3 Å². The summed E-state index contributed by atoms with van der Waals surface area (Å²) in [6, 6.07) is 12.7. The van der Waals surface area contributed by atoms with Crippen LogP contribution in [0.1, 0.15) is 6.92 Å². The number of aromatic amines is 1. The van der Waals surface area contributed by atoms with Crippen LogP contribution in [0, 0.1) is 0 Å². The number of aromatic nitrogens is 2. The quantitative estimate of drug-likeness (QED) is 0.358. The number of H-pyrrole nitrogens is 1. The number of nitrogens with one attached hydrogen (secondary N) is 2. The van der Waals surface area contributed by atoms with Crippen LogP contribution in [0.25, 0.3) is 22.9 Å². The van der Waals surface area contributed by atoms with Gasteiger partial charge in [0.25, 0.3) is 0 Å². The van der Waals surface area contributed by atoms with E-state index in [1.54, 1.807) is 43.7 Å².